The van der Waals surface area contributed by atoms with E-state index >= 15 is 0 Å². The molecule has 2 aromatic heterocycles. The molecule has 7 nitrogen and oxygen atoms in total. The number of nitrogens with zero attached hydrogens (tertiary/aromatic N) is 6. The lowest BCUT2D eigenvalue weighted by Gasteiger charge is -2.35. The van der Waals surface area contributed by atoms with Crippen LogP contribution in [0.1, 0.15) is 5.69 Å². The monoisotopic (exact) mass is 288 g/mol. The molecule has 0 saturated carbocycles. The van der Waals surface area contributed by atoms with Gasteiger partial charge in [0, 0.05) is 45.8 Å². The van der Waals surface area contributed by atoms with Crippen LogP contribution in [-0.4, -0.2) is 58.2 Å². The van der Waals surface area contributed by atoms with E-state index in [-0.39, 0.29) is 0 Å². The molecule has 7 heteroatoms. The molecule has 0 aromatic carbocycles. The van der Waals surface area contributed by atoms with Crippen molar-refractivity contribution in [3.05, 3.63) is 30.4 Å². The lowest BCUT2D eigenvalue weighted by molar-refractivity contribution is 0.243. The second kappa shape index (κ2) is 6.09. The smallest absolute Gasteiger partial charge is 0.139 e. The number of rotatable bonds is 4. The predicted octanol–water partition coefficient (Wildman–Crippen LogP) is 0.541. The van der Waals surface area contributed by atoms with Gasteiger partial charge in [0.25, 0.3) is 0 Å². The third kappa shape index (κ3) is 3.13. The zero-order valence-electron chi connectivity index (χ0n) is 12.4. The summed E-state index contributed by atoms with van der Waals surface area (Å²) in [7, 11) is 3.60. The average Bonchev–Trinajstić information content (AvgIpc) is 2.93. The van der Waals surface area contributed by atoms with Crippen molar-refractivity contribution in [1.29, 1.82) is 0 Å². The summed E-state index contributed by atoms with van der Waals surface area (Å²) in [5.74, 6) is 0.802. The Morgan fingerprint density at radius 1 is 1.14 bits per heavy atom. The summed E-state index contributed by atoms with van der Waals surface area (Å²) < 4.78 is 7.07. The lowest BCUT2D eigenvalue weighted by atomic mass is 10.2. The van der Waals surface area contributed by atoms with Crippen LogP contribution in [0, 0.1) is 0 Å². The lowest BCUT2D eigenvalue weighted by Crippen LogP contribution is -2.46. The van der Waals surface area contributed by atoms with Gasteiger partial charge in [-0.2, -0.15) is 0 Å². The highest BCUT2D eigenvalue weighted by Crippen LogP contribution is 2.20. The van der Waals surface area contributed by atoms with E-state index in [2.05, 4.69) is 25.1 Å². The Balaban J connectivity index is 1.58. The first-order valence-electron chi connectivity index (χ1n) is 7.06. The Bertz CT molecular complexity index is 591. The molecule has 0 bridgehead atoms. The van der Waals surface area contributed by atoms with Crippen molar-refractivity contribution < 1.29 is 4.74 Å². The molecule has 0 atom stereocenters. The fourth-order valence-corrected chi connectivity index (χ4v) is 2.54. The molecule has 0 amide bonds. The van der Waals surface area contributed by atoms with Crippen molar-refractivity contribution >= 4 is 5.69 Å². The first-order valence-corrected chi connectivity index (χ1v) is 7.06. The molecule has 1 saturated heterocycles. The molecule has 0 spiro atoms. The molecule has 1 aliphatic rings. The average molecular weight is 288 g/mol. The van der Waals surface area contributed by atoms with Gasteiger partial charge < -0.3 is 9.64 Å². The van der Waals surface area contributed by atoms with E-state index in [1.807, 2.05) is 30.2 Å². The van der Waals surface area contributed by atoms with Crippen LogP contribution in [0.2, 0.25) is 0 Å². The number of methoxy groups -OCH3 is 1. The molecule has 0 aliphatic carbocycles. The third-order valence-electron chi connectivity index (χ3n) is 3.87. The number of ether oxygens (including phenoxy) is 1. The van der Waals surface area contributed by atoms with Crippen molar-refractivity contribution in [2.75, 3.05) is 38.2 Å². The number of hydrogen-bond donors (Lipinski definition) is 0. The quantitative estimate of drug-likeness (QED) is 0.818. The van der Waals surface area contributed by atoms with Crippen LogP contribution in [0.3, 0.4) is 0 Å². The maximum Gasteiger partial charge on any atom is 0.139 e. The zero-order valence-corrected chi connectivity index (χ0v) is 12.4. The van der Waals surface area contributed by atoms with Crippen LogP contribution in [0.4, 0.5) is 5.69 Å². The SMILES string of the molecule is COc1cncc(N2CCN(Cc3cnnn3C)CC2)c1. The second-order valence-electron chi connectivity index (χ2n) is 5.20. The maximum atomic E-state index is 5.23. The summed E-state index contributed by atoms with van der Waals surface area (Å²) in [4.78, 5) is 8.98. The fourth-order valence-electron chi connectivity index (χ4n) is 2.54. The van der Waals surface area contributed by atoms with Gasteiger partial charge in [-0.05, 0) is 0 Å². The van der Waals surface area contributed by atoms with E-state index in [0.717, 1.165) is 49.9 Å². The minimum atomic E-state index is 0.802. The van der Waals surface area contributed by atoms with E-state index in [4.69, 9.17) is 4.74 Å². The van der Waals surface area contributed by atoms with Crippen molar-refractivity contribution in [3.8, 4) is 5.75 Å². The highest BCUT2D eigenvalue weighted by molar-refractivity contribution is 5.48. The highest BCUT2D eigenvalue weighted by Gasteiger charge is 2.18. The van der Waals surface area contributed by atoms with E-state index in [1.165, 1.54) is 0 Å². The molecule has 1 aliphatic heterocycles. The summed E-state index contributed by atoms with van der Waals surface area (Å²) in [6, 6.07) is 2.04. The predicted molar refractivity (Wildman–Crippen MR) is 79.3 cm³/mol. The van der Waals surface area contributed by atoms with Crippen LogP contribution in [-0.2, 0) is 13.6 Å². The summed E-state index contributed by atoms with van der Waals surface area (Å²) in [5.41, 5.74) is 2.27. The first-order chi connectivity index (χ1) is 10.3. The number of piperazine rings is 1. The summed E-state index contributed by atoms with van der Waals surface area (Å²) >= 11 is 0. The third-order valence-corrected chi connectivity index (χ3v) is 3.87. The molecule has 3 heterocycles. The Morgan fingerprint density at radius 2 is 1.95 bits per heavy atom. The Kier molecular flexibility index (Phi) is 4.01. The maximum absolute atomic E-state index is 5.23. The number of aromatic nitrogens is 4. The first kappa shape index (κ1) is 13.8. The van der Waals surface area contributed by atoms with Crippen molar-refractivity contribution in [2.24, 2.45) is 7.05 Å². The minimum Gasteiger partial charge on any atom is -0.495 e. The molecular weight excluding hydrogens is 268 g/mol. The minimum absolute atomic E-state index is 0.802. The summed E-state index contributed by atoms with van der Waals surface area (Å²) in [5, 5.41) is 7.89. The molecule has 0 N–H and O–H groups in total. The van der Waals surface area contributed by atoms with Gasteiger partial charge in [-0.25, -0.2) is 0 Å². The second-order valence-corrected chi connectivity index (χ2v) is 5.20. The van der Waals surface area contributed by atoms with Gasteiger partial charge in [0.15, 0.2) is 0 Å². The molecule has 0 unspecified atom stereocenters. The summed E-state index contributed by atoms with van der Waals surface area (Å²) in [6.07, 6.45) is 5.46. The molecular formula is C14H20N6O. The van der Waals surface area contributed by atoms with Crippen LogP contribution >= 0.6 is 0 Å². The van der Waals surface area contributed by atoms with Crippen molar-refractivity contribution in [1.82, 2.24) is 24.9 Å². The Hall–Kier alpha value is -2.15. The van der Waals surface area contributed by atoms with Crippen LogP contribution < -0.4 is 9.64 Å². The number of aryl methyl sites for hydroxylation is 1. The fraction of sp³-hybridized carbons (Fsp3) is 0.500. The van der Waals surface area contributed by atoms with Gasteiger partial charge in [-0.3, -0.25) is 14.6 Å². The number of pyridine rings is 1. The van der Waals surface area contributed by atoms with Gasteiger partial charge in [0.05, 0.1) is 37.1 Å². The van der Waals surface area contributed by atoms with E-state index in [9.17, 15) is 0 Å². The number of anilines is 1. The van der Waals surface area contributed by atoms with Crippen LogP contribution in [0.15, 0.2) is 24.7 Å². The largest absolute Gasteiger partial charge is 0.495 e. The van der Waals surface area contributed by atoms with Gasteiger partial charge in [-0.1, -0.05) is 5.21 Å². The van der Waals surface area contributed by atoms with Crippen LogP contribution in [0.5, 0.6) is 5.75 Å². The molecule has 0 radical (unpaired) electrons. The van der Waals surface area contributed by atoms with E-state index in [1.54, 1.807) is 13.3 Å². The molecule has 21 heavy (non-hydrogen) atoms. The Labute approximate surface area is 124 Å². The highest BCUT2D eigenvalue weighted by atomic mass is 16.5. The van der Waals surface area contributed by atoms with Crippen molar-refractivity contribution in [3.63, 3.8) is 0 Å². The Morgan fingerprint density at radius 3 is 2.62 bits per heavy atom. The normalized spacial score (nSPS) is 16.2. The van der Waals surface area contributed by atoms with Gasteiger partial charge in [-0.15, -0.1) is 5.10 Å². The zero-order chi connectivity index (χ0) is 14.7. The van der Waals surface area contributed by atoms with E-state index in [0.29, 0.717) is 0 Å². The van der Waals surface area contributed by atoms with Crippen LogP contribution in [0.25, 0.3) is 0 Å². The molecule has 3 rings (SSSR count). The molecule has 2 aromatic rings. The van der Waals surface area contributed by atoms with E-state index < -0.39 is 0 Å². The summed E-state index contributed by atoms with van der Waals surface area (Å²) in [6.45, 7) is 4.90. The van der Waals surface area contributed by atoms with Gasteiger partial charge in [0.2, 0.25) is 0 Å². The standard InChI is InChI=1S/C14H20N6O/c1-18-13(9-16-17-18)11-19-3-5-20(6-4-19)12-7-14(21-2)10-15-8-12/h7-10H,3-6,11H2,1-2H3. The molecule has 1 fully saturated rings. The topological polar surface area (TPSA) is 59.3 Å². The number of hydrogen-bond acceptors (Lipinski definition) is 6. The van der Waals surface area contributed by atoms with Gasteiger partial charge >= 0.3 is 0 Å². The van der Waals surface area contributed by atoms with Gasteiger partial charge in [0.1, 0.15) is 5.75 Å². The molecule has 112 valence electrons. The van der Waals surface area contributed by atoms with Crippen molar-refractivity contribution in [2.45, 2.75) is 6.54 Å².